The number of halogens is 30. The Balaban J connectivity index is 7.79. The van der Waals surface area contributed by atoms with Gasteiger partial charge in [0.15, 0.2) is 6.29 Å². The molecule has 35 heteroatoms. The molecular formula is C16H2F30O4S. The molecule has 51 heavy (non-hydrogen) atoms. The first-order valence-corrected chi connectivity index (χ1v) is 11.9. The molecule has 306 valence electrons. The standard InChI is InChI=1S/C16H2F30O4S/c17-2(1-47,51(48,49)50)3(18,19)4(20,21)5(22,23)6(24,25)7(26,27)8(28,29)9(30,31)10(32,33)11(34,35)12(36,37)13(38,39)14(40,41)15(42,43)16(44,45)46/h1H,(H,48,49,50). The highest BCUT2D eigenvalue weighted by Gasteiger charge is 3.01. The Labute approximate surface area is 255 Å². The highest BCUT2D eigenvalue weighted by Crippen LogP contribution is 2.69. The molecule has 0 heterocycles. The van der Waals surface area contributed by atoms with Crippen LogP contribution in [0.4, 0.5) is 132 Å². The molecule has 0 saturated heterocycles. The molecule has 0 aliphatic rings. The number of hydrogen-bond donors (Lipinski definition) is 1. The van der Waals surface area contributed by atoms with Crippen LogP contribution in [0.5, 0.6) is 0 Å². The van der Waals surface area contributed by atoms with E-state index in [9.17, 15) is 145 Å². The Morgan fingerprint density at radius 3 is 0.549 bits per heavy atom. The van der Waals surface area contributed by atoms with Crippen molar-refractivity contribution < 1.29 is 149 Å². The SMILES string of the molecule is O=CC(F)(C(F)(F)C(F)(F)C(F)(F)C(F)(F)C(F)(F)C(F)(F)C(F)(F)C(F)(F)C(F)(F)C(F)(F)C(F)(F)C(F)(F)C(F)(F)C(F)(F)F)S(=O)(=O)O. The second-order valence-electron chi connectivity index (χ2n) is 9.20. The highest BCUT2D eigenvalue weighted by molar-refractivity contribution is 7.87. The maximum Gasteiger partial charge on any atom is 0.460 e. The molecule has 0 aromatic heterocycles. The summed E-state index contributed by atoms with van der Waals surface area (Å²) in [6.07, 6.45) is -11.4. The topological polar surface area (TPSA) is 71.4 Å². The average Bonchev–Trinajstić information content (AvgIpc) is 2.89. The van der Waals surface area contributed by atoms with Crippen molar-refractivity contribution in [3.05, 3.63) is 0 Å². The van der Waals surface area contributed by atoms with E-state index in [-0.39, 0.29) is 0 Å². The molecule has 0 radical (unpaired) electrons. The molecule has 1 N–H and O–H groups in total. The summed E-state index contributed by atoms with van der Waals surface area (Å²) in [6, 6.07) is 0. The molecule has 0 amide bonds. The van der Waals surface area contributed by atoms with Crippen LogP contribution in [0.25, 0.3) is 0 Å². The zero-order chi connectivity index (χ0) is 42.7. The summed E-state index contributed by atoms with van der Waals surface area (Å²) in [7, 11) is -8.11. The van der Waals surface area contributed by atoms with Crippen molar-refractivity contribution in [2.24, 2.45) is 0 Å². The molecule has 0 aliphatic heterocycles. The first-order valence-electron chi connectivity index (χ1n) is 10.4. The smallest absolute Gasteiger partial charge is 0.298 e. The zero-order valence-corrected chi connectivity index (χ0v) is 22.3. The van der Waals surface area contributed by atoms with Gasteiger partial charge in [-0.1, -0.05) is 0 Å². The van der Waals surface area contributed by atoms with E-state index in [0.29, 0.717) is 0 Å². The molecule has 0 aromatic carbocycles. The summed E-state index contributed by atoms with van der Waals surface area (Å²) in [4.78, 5) is 10.2. The molecule has 1 atom stereocenters. The lowest BCUT2D eigenvalue weighted by atomic mass is 9.83. The Kier molecular flexibility index (Phi) is 10.9. The fourth-order valence-electron chi connectivity index (χ4n) is 2.86. The fraction of sp³-hybridized carbons (Fsp3) is 0.938. The summed E-state index contributed by atoms with van der Waals surface area (Å²) >= 11 is 0. The van der Waals surface area contributed by atoms with Crippen LogP contribution in [0.2, 0.25) is 0 Å². The van der Waals surface area contributed by atoms with Crippen LogP contribution in [-0.2, 0) is 14.9 Å². The third-order valence-corrected chi connectivity index (χ3v) is 7.15. The van der Waals surface area contributed by atoms with Gasteiger partial charge in [0.05, 0.1) is 0 Å². The molecule has 0 rings (SSSR count). The molecule has 0 fully saturated rings. The van der Waals surface area contributed by atoms with Crippen LogP contribution in [0.1, 0.15) is 0 Å². The minimum atomic E-state index is -10.2. The quantitative estimate of drug-likeness (QED) is 0.102. The van der Waals surface area contributed by atoms with Crippen LogP contribution >= 0.6 is 0 Å². The summed E-state index contributed by atoms with van der Waals surface area (Å²) in [6.45, 7) is 0. The molecule has 4 nitrogen and oxygen atoms in total. The van der Waals surface area contributed by atoms with Crippen LogP contribution in [0.15, 0.2) is 0 Å². The lowest BCUT2D eigenvalue weighted by Crippen LogP contribution is -2.79. The molecule has 0 aliphatic carbocycles. The van der Waals surface area contributed by atoms with Gasteiger partial charge >= 0.3 is 98.3 Å². The first kappa shape index (κ1) is 48.5. The predicted octanol–water partition coefficient (Wildman–Crippen LogP) is 8.56. The van der Waals surface area contributed by atoms with Gasteiger partial charge < -0.3 is 0 Å². The van der Waals surface area contributed by atoms with Crippen molar-refractivity contribution in [1.82, 2.24) is 0 Å². The van der Waals surface area contributed by atoms with Gasteiger partial charge in [-0.3, -0.25) is 9.35 Å². The van der Waals surface area contributed by atoms with E-state index >= 15 is 0 Å². The third kappa shape index (κ3) is 5.35. The van der Waals surface area contributed by atoms with E-state index in [0.717, 1.165) is 0 Å². The Hall–Kier alpha value is -2.52. The average molecular weight is 860 g/mol. The van der Waals surface area contributed by atoms with Gasteiger partial charge in [0.25, 0.3) is 0 Å². The number of carbonyl (C=O) groups excluding carboxylic acids is 1. The molecule has 1 unspecified atom stereocenters. The first-order chi connectivity index (χ1) is 21.3. The molecular weight excluding hydrogens is 858 g/mol. The normalized spacial score (nSPS) is 18.1. The molecule has 0 aromatic rings. The van der Waals surface area contributed by atoms with E-state index in [1.165, 1.54) is 0 Å². The van der Waals surface area contributed by atoms with Crippen molar-refractivity contribution in [1.29, 1.82) is 0 Å². The second kappa shape index (κ2) is 11.5. The number of hydrogen-bond acceptors (Lipinski definition) is 3. The number of carbonyl (C=O) groups is 1. The third-order valence-electron chi connectivity index (χ3n) is 6.04. The summed E-state index contributed by atoms with van der Waals surface area (Å²) in [5, 5.41) is -7.53. The molecule has 0 spiro atoms. The summed E-state index contributed by atoms with van der Waals surface area (Å²) < 4.78 is 432. The lowest BCUT2D eigenvalue weighted by molar-refractivity contribution is -0.487. The van der Waals surface area contributed by atoms with Crippen molar-refractivity contribution in [2.45, 2.75) is 88.2 Å². The van der Waals surface area contributed by atoms with Crippen molar-refractivity contribution in [2.75, 3.05) is 0 Å². The van der Waals surface area contributed by atoms with E-state index in [2.05, 4.69) is 0 Å². The summed E-state index contributed by atoms with van der Waals surface area (Å²) in [5.41, 5.74) is 0. The Bertz CT molecular complexity index is 1440. The van der Waals surface area contributed by atoms with E-state index in [1.54, 1.807) is 0 Å². The van der Waals surface area contributed by atoms with Crippen molar-refractivity contribution in [3.63, 3.8) is 0 Å². The minimum Gasteiger partial charge on any atom is -0.298 e. The van der Waals surface area contributed by atoms with E-state index < -0.39 is 105 Å². The predicted molar refractivity (Wildman–Crippen MR) is 91.8 cm³/mol. The van der Waals surface area contributed by atoms with Crippen molar-refractivity contribution >= 4 is 16.4 Å². The monoisotopic (exact) mass is 860 g/mol. The van der Waals surface area contributed by atoms with Gasteiger partial charge in [0.1, 0.15) is 0 Å². The van der Waals surface area contributed by atoms with Crippen LogP contribution in [-0.4, -0.2) is 107 Å². The number of alkyl halides is 30. The molecule has 0 saturated carbocycles. The second-order valence-corrected chi connectivity index (χ2v) is 10.7. The maximum absolute atomic E-state index is 13.8. The van der Waals surface area contributed by atoms with Gasteiger partial charge in [0.2, 0.25) is 0 Å². The lowest BCUT2D eigenvalue weighted by Gasteiger charge is -2.46. The minimum absolute atomic E-state index is 2.97. The van der Waals surface area contributed by atoms with Crippen molar-refractivity contribution in [3.8, 4) is 0 Å². The van der Waals surface area contributed by atoms with Crippen LogP contribution < -0.4 is 0 Å². The number of rotatable bonds is 15. The zero-order valence-electron chi connectivity index (χ0n) is 21.5. The largest absolute Gasteiger partial charge is 0.460 e. The van der Waals surface area contributed by atoms with E-state index in [1.807, 2.05) is 0 Å². The van der Waals surface area contributed by atoms with Gasteiger partial charge in [-0.05, 0) is 0 Å². The van der Waals surface area contributed by atoms with Gasteiger partial charge in [-0.15, -0.1) is 0 Å². The Morgan fingerprint density at radius 2 is 0.431 bits per heavy atom. The fourth-order valence-corrected chi connectivity index (χ4v) is 3.43. The highest BCUT2D eigenvalue weighted by atomic mass is 32.2. The van der Waals surface area contributed by atoms with Gasteiger partial charge in [-0.2, -0.15) is 136 Å². The summed E-state index contributed by atoms with van der Waals surface area (Å²) in [5.74, 6) is -126. The van der Waals surface area contributed by atoms with E-state index in [4.69, 9.17) is 4.55 Å². The number of aldehydes is 1. The van der Waals surface area contributed by atoms with Gasteiger partial charge in [0, 0.05) is 0 Å². The van der Waals surface area contributed by atoms with Crippen LogP contribution in [0.3, 0.4) is 0 Å². The maximum atomic E-state index is 13.8. The van der Waals surface area contributed by atoms with Gasteiger partial charge in [-0.25, -0.2) is 4.39 Å². The molecule has 0 bridgehead atoms. The Morgan fingerprint density at radius 1 is 0.294 bits per heavy atom. The van der Waals surface area contributed by atoms with Crippen LogP contribution in [0, 0.1) is 0 Å².